The third-order valence-corrected chi connectivity index (χ3v) is 15.0. The van der Waals surface area contributed by atoms with Gasteiger partial charge in [-0.25, -0.2) is 0 Å². The van der Waals surface area contributed by atoms with Crippen LogP contribution in [0.1, 0.15) is 271 Å². The molecule has 0 aromatic rings. The number of hydrogen-bond donors (Lipinski definition) is 6. The van der Waals surface area contributed by atoms with Gasteiger partial charge in [0.25, 0.3) is 0 Å². The van der Waals surface area contributed by atoms with Gasteiger partial charge in [-0.3, -0.25) is 9.59 Å². The Labute approximate surface area is 495 Å². The minimum atomic E-state index is -1.63. The van der Waals surface area contributed by atoms with Gasteiger partial charge in [-0.05, 0) is 96.3 Å². The first-order valence-electron chi connectivity index (χ1n) is 33.0. The first kappa shape index (κ1) is 75.6. The van der Waals surface area contributed by atoms with Gasteiger partial charge in [0.2, 0.25) is 5.91 Å². The van der Waals surface area contributed by atoms with Crippen molar-refractivity contribution < 1.29 is 49.3 Å². The normalized spacial score (nSPS) is 19.3. The monoisotopic (exact) mass is 1140 g/mol. The number of rotatable bonds is 55. The van der Waals surface area contributed by atoms with Gasteiger partial charge in [-0.2, -0.15) is 0 Å². The van der Waals surface area contributed by atoms with E-state index in [2.05, 4.69) is 99.0 Å². The molecule has 0 spiro atoms. The van der Waals surface area contributed by atoms with Crippen molar-refractivity contribution in [3.63, 3.8) is 0 Å². The highest BCUT2D eigenvalue weighted by atomic mass is 16.7. The van der Waals surface area contributed by atoms with Crippen LogP contribution in [0.3, 0.4) is 0 Å². The van der Waals surface area contributed by atoms with Crippen molar-refractivity contribution in [3.8, 4) is 0 Å². The molecule has 1 fully saturated rings. The van der Waals surface area contributed by atoms with Gasteiger partial charge in [-0.1, -0.05) is 266 Å². The SMILES string of the molecule is CC/C=C\C/C=C\C/C=C\C/C=C\C/C=C\CCC(O)C(=O)NC(COC1OC(CO)C(O)C(O)C1OC(=O)CCCCCCCCCCCCCCC/C=C\C/C=C\CCCCC)C(O)/C=C/CCCCCCCCCCCCC. The standard InChI is InChI=1S/C70H121NO10/c1-4-7-10-13-16-19-22-25-27-29-30-31-32-33-34-35-37-40-43-46-49-52-55-58-65(75)81-68-67(77)66(76)64(59-72)80-70(68)79-60-61(62(73)56-53-50-47-44-41-38-24-21-18-15-12-9-6-3)71-69(78)63(74)57-54-51-48-45-42-39-36-28-26-23-20-17-14-11-8-5-2/h8,11,16-17,19-20,25-28,39,42,48,51,53,56,61-64,66-68,70,72-74,76-77H,4-7,9-10,12-15,18,21-24,29-38,40-41,43-47,49-50,52,54-55,57-60H2,1-3H3,(H,71,78)/b11-8-,19-16-,20-17-,27-25-,28-26-,42-39-,51-48-,56-53+. The number of aliphatic hydroxyl groups is 5. The lowest BCUT2D eigenvalue weighted by atomic mass is 9.99. The van der Waals surface area contributed by atoms with Crippen molar-refractivity contribution in [1.29, 1.82) is 0 Å². The Hall–Kier alpha value is -3.42. The van der Waals surface area contributed by atoms with Crippen molar-refractivity contribution >= 4 is 11.9 Å². The summed E-state index contributed by atoms with van der Waals surface area (Å²) in [5, 5.41) is 57.0. The van der Waals surface area contributed by atoms with Gasteiger partial charge < -0.3 is 45.1 Å². The van der Waals surface area contributed by atoms with E-state index in [1.54, 1.807) is 6.08 Å². The smallest absolute Gasteiger partial charge is 0.306 e. The molecule has 466 valence electrons. The number of aliphatic hydroxyl groups excluding tert-OH is 5. The molecule has 1 amide bonds. The first-order chi connectivity index (χ1) is 39.7. The number of hydrogen-bond acceptors (Lipinski definition) is 10. The van der Waals surface area contributed by atoms with Crippen LogP contribution < -0.4 is 5.32 Å². The molecule has 1 heterocycles. The van der Waals surface area contributed by atoms with Gasteiger partial charge in [-0.15, -0.1) is 0 Å². The Balaban J connectivity index is 2.66. The molecule has 11 nitrogen and oxygen atoms in total. The van der Waals surface area contributed by atoms with Crippen LogP contribution in [0, 0.1) is 0 Å². The van der Waals surface area contributed by atoms with Crippen LogP contribution in [0.2, 0.25) is 0 Å². The molecule has 1 aliphatic heterocycles. The van der Waals surface area contributed by atoms with Crippen molar-refractivity contribution in [2.45, 2.75) is 320 Å². The minimum absolute atomic E-state index is 0.112. The molecule has 0 aliphatic carbocycles. The number of ether oxygens (including phenoxy) is 3. The summed E-state index contributed by atoms with van der Waals surface area (Å²) in [7, 11) is 0. The Morgan fingerprint density at radius 3 is 1.36 bits per heavy atom. The molecule has 0 aromatic carbocycles. The summed E-state index contributed by atoms with van der Waals surface area (Å²) in [6, 6.07) is -1.06. The summed E-state index contributed by atoms with van der Waals surface area (Å²) < 4.78 is 17.6. The van der Waals surface area contributed by atoms with Crippen LogP contribution in [-0.2, 0) is 23.8 Å². The van der Waals surface area contributed by atoms with E-state index in [-0.39, 0.29) is 19.4 Å². The number of allylic oxidation sites excluding steroid dienone is 15. The molecule has 0 saturated carbocycles. The Morgan fingerprint density at radius 2 is 0.889 bits per heavy atom. The summed E-state index contributed by atoms with van der Waals surface area (Å²) in [6.45, 7) is 5.63. The van der Waals surface area contributed by atoms with E-state index in [9.17, 15) is 35.1 Å². The van der Waals surface area contributed by atoms with E-state index >= 15 is 0 Å². The Kier molecular flexibility index (Phi) is 53.2. The van der Waals surface area contributed by atoms with Gasteiger partial charge in [0.05, 0.1) is 25.4 Å². The third kappa shape index (κ3) is 44.7. The Morgan fingerprint density at radius 1 is 0.494 bits per heavy atom. The topological polar surface area (TPSA) is 175 Å². The average Bonchev–Trinajstić information content (AvgIpc) is 3.47. The van der Waals surface area contributed by atoms with E-state index in [4.69, 9.17) is 14.2 Å². The molecule has 8 atom stereocenters. The zero-order chi connectivity index (χ0) is 58.9. The van der Waals surface area contributed by atoms with Crippen molar-refractivity contribution in [2.24, 2.45) is 0 Å². The third-order valence-electron chi connectivity index (χ3n) is 15.0. The zero-order valence-corrected chi connectivity index (χ0v) is 51.6. The van der Waals surface area contributed by atoms with Crippen LogP contribution >= 0.6 is 0 Å². The molecular weight excluding hydrogens is 1010 g/mol. The molecule has 0 bridgehead atoms. The highest BCUT2D eigenvalue weighted by Crippen LogP contribution is 2.26. The number of amides is 1. The largest absolute Gasteiger partial charge is 0.454 e. The zero-order valence-electron chi connectivity index (χ0n) is 51.6. The van der Waals surface area contributed by atoms with Crippen LogP contribution in [0.5, 0.6) is 0 Å². The number of esters is 1. The van der Waals surface area contributed by atoms with Crippen molar-refractivity contribution in [3.05, 3.63) is 97.2 Å². The predicted molar refractivity (Wildman–Crippen MR) is 338 cm³/mol. The second kappa shape index (κ2) is 57.0. The molecular formula is C70H121NO10. The quantitative estimate of drug-likeness (QED) is 0.0195. The summed E-state index contributed by atoms with van der Waals surface area (Å²) in [4.78, 5) is 26.6. The molecule has 0 radical (unpaired) electrons. The molecule has 11 heteroatoms. The second-order valence-electron chi connectivity index (χ2n) is 22.5. The maximum Gasteiger partial charge on any atom is 0.306 e. The second-order valence-corrected chi connectivity index (χ2v) is 22.5. The fraction of sp³-hybridized carbons (Fsp3) is 0.743. The van der Waals surface area contributed by atoms with Crippen LogP contribution in [0.4, 0.5) is 0 Å². The Bertz CT molecular complexity index is 1690. The van der Waals surface area contributed by atoms with Gasteiger partial charge >= 0.3 is 5.97 Å². The summed E-state index contributed by atoms with van der Waals surface area (Å²) >= 11 is 0. The van der Waals surface area contributed by atoms with Gasteiger partial charge in [0.1, 0.15) is 24.4 Å². The first-order valence-corrected chi connectivity index (χ1v) is 33.0. The van der Waals surface area contributed by atoms with E-state index in [0.29, 0.717) is 12.8 Å². The lowest BCUT2D eigenvalue weighted by Crippen LogP contribution is -2.61. The molecule has 1 rings (SSSR count). The summed E-state index contributed by atoms with van der Waals surface area (Å²) in [6.07, 6.45) is 66.0. The van der Waals surface area contributed by atoms with Gasteiger partial charge in [0.15, 0.2) is 12.4 Å². The van der Waals surface area contributed by atoms with E-state index in [0.717, 1.165) is 83.5 Å². The molecule has 1 aliphatic rings. The van der Waals surface area contributed by atoms with E-state index < -0.39 is 67.4 Å². The number of carbonyl (C=O) groups excluding carboxylic acids is 2. The van der Waals surface area contributed by atoms with Crippen LogP contribution in [0.25, 0.3) is 0 Å². The highest BCUT2D eigenvalue weighted by molar-refractivity contribution is 5.80. The molecule has 81 heavy (non-hydrogen) atoms. The van der Waals surface area contributed by atoms with Crippen LogP contribution in [-0.4, -0.2) is 99.6 Å². The lowest BCUT2D eigenvalue weighted by Gasteiger charge is -2.41. The molecule has 8 unspecified atom stereocenters. The van der Waals surface area contributed by atoms with E-state index in [1.165, 1.54) is 141 Å². The summed E-state index contributed by atoms with van der Waals surface area (Å²) in [5.41, 5.74) is 0. The molecule has 6 N–H and O–H groups in total. The summed E-state index contributed by atoms with van der Waals surface area (Å²) in [5.74, 6) is -1.26. The fourth-order valence-electron chi connectivity index (χ4n) is 9.77. The highest BCUT2D eigenvalue weighted by Gasteiger charge is 2.47. The minimum Gasteiger partial charge on any atom is -0.454 e. The van der Waals surface area contributed by atoms with E-state index in [1.807, 2.05) is 18.2 Å². The van der Waals surface area contributed by atoms with Crippen LogP contribution in [0.15, 0.2) is 97.2 Å². The predicted octanol–water partition coefficient (Wildman–Crippen LogP) is 16.3. The maximum atomic E-state index is 13.4. The van der Waals surface area contributed by atoms with Crippen molar-refractivity contribution in [1.82, 2.24) is 5.32 Å². The number of unbranched alkanes of at least 4 members (excludes halogenated alkanes) is 27. The number of nitrogens with one attached hydrogen (secondary N) is 1. The molecule has 1 saturated heterocycles. The molecule has 0 aromatic heterocycles. The van der Waals surface area contributed by atoms with Gasteiger partial charge in [0, 0.05) is 6.42 Å². The lowest BCUT2D eigenvalue weighted by molar-refractivity contribution is -0.305. The fourth-order valence-corrected chi connectivity index (χ4v) is 9.77. The van der Waals surface area contributed by atoms with Crippen molar-refractivity contribution in [2.75, 3.05) is 13.2 Å². The number of carbonyl (C=O) groups is 2. The average molecular weight is 1140 g/mol. The maximum absolute atomic E-state index is 13.4.